The van der Waals surface area contributed by atoms with E-state index in [0.29, 0.717) is 18.5 Å². The van der Waals surface area contributed by atoms with Crippen LogP contribution < -0.4 is 0 Å². The second-order valence-corrected chi connectivity index (χ2v) is 8.06. The van der Waals surface area contributed by atoms with Gasteiger partial charge >= 0.3 is 5.97 Å². The van der Waals surface area contributed by atoms with E-state index in [1.807, 2.05) is 11.6 Å². The average molecular weight is 412 g/mol. The van der Waals surface area contributed by atoms with E-state index in [0.717, 1.165) is 51.7 Å². The van der Waals surface area contributed by atoms with Crippen LogP contribution in [0.1, 0.15) is 66.0 Å². The van der Waals surface area contributed by atoms with Crippen molar-refractivity contribution in [3.63, 3.8) is 0 Å². The molecule has 1 unspecified atom stereocenters. The van der Waals surface area contributed by atoms with Gasteiger partial charge in [-0.05, 0) is 67.5 Å². The highest BCUT2D eigenvalue weighted by Crippen LogP contribution is 2.39. The molecule has 0 spiro atoms. The van der Waals surface area contributed by atoms with Crippen LogP contribution in [-0.2, 0) is 15.4 Å². The van der Waals surface area contributed by atoms with Crippen LogP contribution in [0.2, 0.25) is 0 Å². The quantitative estimate of drug-likeness (QED) is 0.395. The van der Waals surface area contributed by atoms with Crippen molar-refractivity contribution in [2.75, 3.05) is 6.61 Å². The molecule has 3 aromatic rings. The number of rotatable bonds is 7. The lowest BCUT2D eigenvalue weighted by Gasteiger charge is -2.21. The van der Waals surface area contributed by atoms with Crippen LogP contribution in [0.25, 0.3) is 11.0 Å². The zero-order valence-corrected chi connectivity index (χ0v) is 17.9. The van der Waals surface area contributed by atoms with Crippen molar-refractivity contribution in [1.82, 2.24) is 15.0 Å². The summed E-state index contributed by atoms with van der Waals surface area (Å²) >= 11 is 6.15. The molecule has 2 aromatic carbocycles. The van der Waals surface area contributed by atoms with Gasteiger partial charge in [0.1, 0.15) is 5.52 Å². The molecule has 0 amide bonds. The Morgan fingerprint density at radius 2 is 2.07 bits per heavy atom. The lowest BCUT2D eigenvalue weighted by molar-refractivity contribution is -0.143. The van der Waals surface area contributed by atoms with E-state index in [-0.39, 0.29) is 18.3 Å². The maximum Gasteiger partial charge on any atom is 0.306 e. The standard InChI is InChI=1S/C23H26ClN3O2/c1-4-29-22(28)12-20(16-6-5-14(2)17(11-16)13-24)19-9-10-21-23(15(19)3)25-26-27(21)18-7-8-18/h5-6,9-11,18,20H,4,7-8,12-13H2,1-3H3. The van der Waals surface area contributed by atoms with Crippen LogP contribution in [0, 0.1) is 13.8 Å². The summed E-state index contributed by atoms with van der Waals surface area (Å²) in [6, 6.07) is 10.9. The fourth-order valence-electron chi connectivity index (χ4n) is 3.97. The van der Waals surface area contributed by atoms with E-state index >= 15 is 0 Å². The minimum Gasteiger partial charge on any atom is -0.466 e. The summed E-state index contributed by atoms with van der Waals surface area (Å²) in [6.07, 6.45) is 2.60. The fourth-order valence-corrected chi connectivity index (χ4v) is 4.25. The highest BCUT2D eigenvalue weighted by atomic mass is 35.5. The van der Waals surface area contributed by atoms with Crippen molar-refractivity contribution in [2.45, 2.75) is 57.9 Å². The Morgan fingerprint density at radius 1 is 1.28 bits per heavy atom. The smallest absolute Gasteiger partial charge is 0.306 e. The predicted molar refractivity (Wildman–Crippen MR) is 114 cm³/mol. The van der Waals surface area contributed by atoms with Gasteiger partial charge in [-0.1, -0.05) is 29.5 Å². The van der Waals surface area contributed by atoms with Gasteiger partial charge in [-0.2, -0.15) is 0 Å². The summed E-state index contributed by atoms with van der Waals surface area (Å²) < 4.78 is 7.30. The number of hydrogen-bond acceptors (Lipinski definition) is 4. The van der Waals surface area contributed by atoms with Gasteiger partial charge in [-0.3, -0.25) is 4.79 Å². The normalized spacial score (nSPS) is 14.9. The van der Waals surface area contributed by atoms with Crippen LogP contribution in [0.3, 0.4) is 0 Å². The second-order valence-electron chi connectivity index (χ2n) is 7.79. The van der Waals surface area contributed by atoms with Crippen LogP contribution in [0.15, 0.2) is 30.3 Å². The highest BCUT2D eigenvalue weighted by molar-refractivity contribution is 6.17. The van der Waals surface area contributed by atoms with Gasteiger partial charge in [0.05, 0.1) is 24.6 Å². The summed E-state index contributed by atoms with van der Waals surface area (Å²) in [4.78, 5) is 12.4. The summed E-state index contributed by atoms with van der Waals surface area (Å²) in [5, 5.41) is 8.83. The maximum absolute atomic E-state index is 12.4. The minimum absolute atomic E-state index is 0.118. The number of carbonyl (C=O) groups excluding carboxylic acids is 1. The van der Waals surface area contributed by atoms with Gasteiger partial charge in [-0.25, -0.2) is 4.68 Å². The van der Waals surface area contributed by atoms with Crippen molar-refractivity contribution in [3.8, 4) is 0 Å². The molecule has 1 heterocycles. The van der Waals surface area contributed by atoms with Crippen LogP contribution in [0.5, 0.6) is 0 Å². The Labute approximate surface area is 176 Å². The molecule has 0 bridgehead atoms. The van der Waals surface area contributed by atoms with E-state index in [9.17, 15) is 4.79 Å². The predicted octanol–water partition coefficient (Wildman–Crippen LogP) is 5.21. The first-order valence-corrected chi connectivity index (χ1v) is 10.7. The van der Waals surface area contributed by atoms with Gasteiger partial charge < -0.3 is 4.74 Å². The molecule has 1 aromatic heterocycles. The third-order valence-corrected chi connectivity index (χ3v) is 6.09. The zero-order chi connectivity index (χ0) is 20.5. The second kappa shape index (κ2) is 8.15. The van der Waals surface area contributed by atoms with Gasteiger partial charge in [0, 0.05) is 11.8 Å². The number of nitrogens with zero attached hydrogens (tertiary/aromatic N) is 3. The molecule has 1 atom stereocenters. The van der Waals surface area contributed by atoms with Crippen molar-refractivity contribution in [1.29, 1.82) is 0 Å². The Bertz CT molecular complexity index is 1060. The lowest BCUT2D eigenvalue weighted by atomic mass is 9.84. The molecule has 1 aliphatic rings. The Balaban J connectivity index is 1.80. The van der Waals surface area contributed by atoms with Gasteiger partial charge in [-0.15, -0.1) is 16.7 Å². The monoisotopic (exact) mass is 411 g/mol. The number of fused-ring (bicyclic) bond motifs is 1. The molecule has 6 heteroatoms. The maximum atomic E-state index is 12.4. The molecule has 1 fully saturated rings. The number of ether oxygens (including phenoxy) is 1. The third kappa shape index (κ3) is 3.88. The van der Waals surface area contributed by atoms with E-state index in [1.54, 1.807) is 0 Å². The Kier molecular flexibility index (Phi) is 5.59. The number of aryl methyl sites for hydroxylation is 2. The van der Waals surface area contributed by atoms with Crippen LogP contribution in [-0.4, -0.2) is 27.6 Å². The molecule has 5 nitrogen and oxygen atoms in total. The molecule has 4 rings (SSSR count). The number of alkyl halides is 1. The summed E-state index contributed by atoms with van der Waals surface area (Å²) in [5.41, 5.74) is 7.42. The zero-order valence-electron chi connectivity index (χ0n) is 17.1. The van der Waals surface area contributed by atoms with Crippen molar-refractivity contribution in [3.05, 3.63) is 58.1 Å². The summed E-state index contributed by atoms with van der Waals surface area (Å²) in [6.45, 7) is 6.33. The molecule has 152 valence electrons. The van der Waals surface area contributed by atoms with Crippen LogP contribution in [0.4, 0.5) is 0 Å². The van der Waals surface area contributed by atoms with Gasteiger partial charge in [0.15, 0.2) is 0 Å². The van der Waals surface area contributed by atoms with Crippen molar-refractivity contribution in [2.24, 2.45) is 0 Å². The van der Waals surface area contributed by atoms with E-state index < -0.39 is 0 Å². The Morgan fingerprint density at radius 3 is 2.76 bits per heavy atom. The van der Waals surface area contributed by atoms with Crippen molar-refractivity contribution >= 4 is 28.6 Å². The minimum atomic E-state index is -0.202. The van der Waals surface area contributed by atoms with E-state index in [4.69, 9.17) is 16.3 Å². The molecular formula is C23H26ClN3O2. The van der Waals surface area contributed by atoms with E-state index in [1.165, 1.54) is 0 Å². The summed E-state index contributed by atoms with van der Waals surface area (Å²) in [5.74, 6) is 0.123. The largest absolute Gasteiger partial charge is 0.466 e. The van der Waals surface area contributed by atoms with Gasteiger partial charge in [0.25, 0.3) is 0 Å². The van der Waals surface area contributed by atoms with Crippen molar-refractivity contribution < 1.29 is 9.53 Å². The first kappa shape index (κ1) is 19.9. The topological polar surface area (TPSA) is 57.0 Å². The third-order valence-electron chi connectivity index (χ3n) is 5.80. The molecule has 0 N–H and O–H groups in total. The summed E-state index contributed by atoms with van der Waals surface area (Å²) in [7, 11) is 0. The van der Waals surface area contributed by atoms with Crippen LogP contribution >= 0.6 is 11.6 Å². The molecule has 1 saturated carbocycles. The van der Waals surface area contributed by atoms with Gasteiger partial charge in [0.2, 0.25) is 0 Å². The molecule has 0 saturated heterocycles. The number of carbonyl (C=O) groups is 1. The molecule has 0 aliphatic heterocycles. The number of aromatic nitrogens is 3. The molecular weight excluding hydrogens is 386 g/mol. The number of hydrogen-bond donors (Lipinski definition) is 0. The number of esters is 1. The lowest BCUT2D eigenvalue weighted by Crippen LogP contribution is -2.13. The average Bonchev–Trinajstić information content (AvgIpc) is 3.46. The number of benzene rings is 2. The first-order valence-electron chi connectivity index (χ1n) is 10.2. The fraction of sp³-hybridized carbons (Fsp3) is 0.435. The number of halogens is 1. The highest BCUT2D eigenvalue weighted by Gasteiger charge is 2.28. The first-order chi connectivity index (χ1) is 14.0. The Hall–Kier alpha value is -2.40. The van der Waals surface area contributed by atoms with E-state index in [2.05, 4.69) is 54.5 Å². The SMILES string of the molecule is CCOC(=O)CC(c1ccc(C)c(CCl)c1)c1ccc2c(nnn2C2CC2)c1C. The molecule has 29 heavy (non-hydrogen) atoms. The molecule has 0 radical (unpaired) electrons. The molecule has 1 aliphatic carbocycles.